The van der Waals surface area contributed by atoms with E-state index in [1.165, 1.54) is 18.1 Å². The van der Waals surface area contributed by atoms with Crippen LogP contribution in [0.3, 0.4) is 0 Å². The molecule has 2 fully saturated rings. The molecule has 1 aliphatic carbocycles. The van der Waals surface area contributed by atoms with Crippen LogP contribution in [0.1, 0.15) is 49.8 Å². The largest absolute Gasteiger partial charge is 0.466 e. The van der Waals surface area contributed by atoms with Crippen LogP contribution in [0.25, 0.3) is 0 Å². The first-order valence-corrected chi connectivity index (χ1v) is 11.8. The normalized spacial score (nSPS) is 31.8. The summed E-state index contributed by atoms with van der Waals surface area (Å²) < 4.78 is 29.4. The second-order valence-corrected chi connectivity index (χ2v) is 9.83. The fourth-order valence-electron chi connectivity index (χ4n) is 4.74. The summed E-state index contributed by atoms with van der Waals surface area (Å²) in [6.07, 6.45) is 8.32. The highest BCUT2D eigenvalue weighted by molar-refractivity contribution is 9.10. The molecule has 6 atom stereocenters. The number of aliphatic hydroxyl groups excluding tert-OH is 2. The maximum Gasteiger partial charge on any atom is 0.190 e. The van der Waals surface area contributed by atoms with Crippen molar-refractivity contribution in [3.05, 3.63) is 82.1 Å². The van der Waals surface area contributed by atoms with Gasteiger partial charge in [-0.15, -0.1) is 0 Å². The SMILES string of the molecule is CC1(C)O[C@@H]2O[C@@H](C(O)c3ccc(Br)c(C(C4=CC=CCC4)C4=COC=CO4)c3)[C@@H](O)[C@@H]2O1. The van der Waals surface area contributed by atoms with Gasteiger partial charge < -0.3 is 33.9 Å². The van der Waals surface area contributed by atoms with Crippen LogP contribution in [-0.2, 0) is 23.7 Å². The van der Waals surface area contributed by atoms with E-state index in [2.05, 4.69) is 28.1 Å². The van der Waals surface area contributed by atoms with Crippen LogP contribution in [0.4, 0.5) is 0 Å². The summed E-state index contributed by atoms with van der Waals surface area (Å²) >= 11 is 3.67. The molecule has 7 nitrogen and oxygen atoms in total. The first-order valence-electron chi connectivity index (χ1n) is 11.0. The van der Waals surface area contributed by atoms with Crippen molar-refractivity contribution in [2.45, 2.75) is 69.1 Å². The summed E-state index contributed by atoms with van der Waals surface area (Å²) in [7, 11) is 0. The fourth-order valence-corrected chi connectivity index (χ4v) is 5.22. The number of fused-ring (bicyclic) bond motifs is 1. The van der Waals surface area contributed by atoms with Crippen LogP contribution in [0, 0.1) is 0 Å². The minimum absolute atomic E-state index is 0.206. The van der Waals surface area contributed by atoms with Gasteiger partial charge in [0.2, 0.25) is 0 Å². The van der Waals surface area contributed by atoms with Crippen LogP contribution in [-0.4, -0.2) is 40.6 Å². The zero-order valence-corrected chi connectivity index (χ0v) is 20.0. The van der Waals surface area contributed by atoms with Crippen LogP contribution in [0.5, 0.6) is 0 Å². The van der Waals surface area contributed by atoms with Crippen LogP contribution >= 0.6 is 15.9 Å². The topological polar surface area (TPSA) is 86.6 Å². The molecule has 1 aromatic rings. The lowest BCUT2D eigenvalue weighted by atomic mass is 9.83. The molecule has 0 saturated carbocycles. The first kappa shape index (κ1) is 22.8. The minimum Gasteiger partial charge on any atom is -0.466 e. The second kappa shape index (κ2) is 9.02. The van der Waals surface area contributed by atoms with Crippen LogP contribution in [0.15, 0.2) is 71.0 Å². The zero-order valence-electron chi connectivity index (χ0n) is 18.4. The van der Waals surface area contributed by atoms with E-state index in [4.69, 9.17) is 23.7 Å². The van der Waals surface area contributed by atoms with Crippen LogP contribution < -0.4 is 0 Å². The molecule has 8 heteroatoms. The van der Waals surface area contributed by atoms with Gasteiger partial charge in [0, 0.05) is 4.47 Å². The van der Waals surface area contributed by atoms with E-state index < -0.39 is 36.5 Å². The third-order valence-corrected chi connectivity index (χ3v) is 6.98. The van der Waals surface area contributed by atoms with Gasteiger partial charge in [-0.05, 0) is 43.9 Å². The maximum absolute atomic E-state index is 11.2. The number of hydrogen-bond acceptors (Lipinski definition) is 7. The number of ether oxygens (including phenoxy) is 5. The van der Waals surface area contributed by atoms with Crippen molar-refractivity contribution >= 4 is 15.9 Å². The summed E-state index contributed by atoms with van der Waals surface area (Å²) in [6, 6.07) is 5.61. The maximum atomic E-state index is 11.2. The highest BCUT2D eigenvalue weighted by atomic mass is 79.9. The van der Waals surface area contributed by atoms with Crippen molar-refractivity contribution in [2.24, 2.45) is 0 Å². The molecule has 0 bridgehead atoms. The summed E-state index contributed by atoms with van der Waals surface area (Å²) in [5.74, 6) is -0.388. The number of aliphatic hydroxyl groups is 2. The predicted molar refractivity (Wildman–Crippen MR) is 122 cm³/mol. The molecule has 2 N–H and O–H groups in total. The Kier molecular flexibility index (Phi) is 6.24. The fraction of sp³-hybridized carbons (Fsp3) is 0.440. The van der Waals surface area contributed by atoms with E-state index in [1.54, 1.807) is 20.1 Å². The summed E-state index contributed by atoms with van der Waals surface area (Å²) in [5, 5.41) is 22.0. The molecule has 4 aliphatic rings. The van der Waals surface area contributed by atoms with Crippen molar-refractivity contribution < 1.29 is 33.9 Å². The Morgan fingerprint density at radius 3 is 2.73 bits per heavy atom. The second-order valence-electron chi connectivity index (χ2n) is 8.97. The molecule has 0 radical (unpaired) electrons. The predicted octanol–water partition coefficient (Wildman–Crippen LogP) is 4.44. The number of allylic oxidation sites excluding steroid dienone is 4. The van der Waals surface area contributed by atoms with Crippen molar-refractivity contribution in [1.29, 1.82) is 0 Å². The number of hydrogen-bond donors (Lipinski definition) is 2. The Hall–Kier alpha value is -1.94. The number of halogens is 1. The molecule has 1 aromatic carbocycles. The van der Waals surface area contributed by atoms with E-state index in [0.717, 1.165) is 22.9 Å². The van der Waals surface area contributed by atoms with Crippen molar-refractivity contribution in [2.75, 3.05) is 0 Å². The Morgan fingerprint density at radius 1 is 1.18 bits per heavy atom. The van der Waals surface area contributed by atoms with E-state index >= 15 is 0 Å². The number of benzene rings is 1. The average molecular weight is 519 g/mol. The molecule has 0 spiro atoms. The summed E-state index contributed by atoms with van der Waals surface area (Å²) in [5.41, 5.74) is 2.70. The van der Waals surface area contributed by atoms with Crippen LogP contribution in [0.2, 0.25) is 0 Å². The lowest BCUT2D eigenvalue weighted by Crippen LogP contribution is -2.37. The molecule has 3 heterocycles. The summed E-state index contributed by atoms with van der Waals surface area (Å²) in [6.45, 7) is 3.54. The highest BCUT2D eigenvalue weighted by Gasteiger charge is 2.56. The van der Waals surface area contributed by atoms with E-state index in [9.17, 15) is 10.2 Å². The van der Waals surface area contributed by atoms with Gasteiger partial charge in [-0.3, -0.25) is 0 Å². The van der Waals surface area contributed by atoms with Crippen molar-refractivity contribution in [3.8, 4) is 0 Å². The highest BCUT2D eigenvalue weighted by Crippen LogP contribution is 2.44. The Labute approximate surface area is 201 Å². The quantitative estimate of drug-likeness (QED) is 0.595. The lowest BCUT2D eigenvalue weighted by Gasteiger charge is -2.28. The van der Waals surface area contributed by atoms with Gasteiger partial charge >= 0.3 is 0 Å². The average Bonchev–Trinajstić information content (AvgIpc) is 3.28. The molecule has 0 amide bonds. The van der Waals surface area contributed by atoms with Gasteiger partial charge in [-0.25, -0.2) is 0 Å². The standard InChI is InChI=1S/C25H27BrO7/c1-25(2)32-23-21(28)22(31-24(23)33-25)20(27)15-8-9-17(26)16(12-15)19(14-6-4-3-5-7-14)18-13-29-10-11-30-18/h3-4,6,8-13,19-24,27-28H,5,7H2,1-2H3/t19?,20?,21-,22+,23+,24+/m1/s1. The van der Waals surface area contributed by atoms with Gasteiger partial charge in [-0.2, -0.15) is 0 Å². The van der Waals surface area contributed by atoms with Gasteiger partial charge in [0.15, 0.2) is 12.1 Å². The molecule has 5 rings (SSSR count). The van der Waals surface area contributed by atoms with Crippen molar-refractivity contribution in [3.63, 3.8) is 0 Å². The third-order valence-electron chi connectivity index (χ3n) is 6.26. The van der Waals surface area contributed by atoms with Gasteiger partial charge in [0.1, 0.15) is 49.0 Å². The molecule has 0 aromatic heterocycles. The Bertz CT molecular complexity index is 1030. The molecule has 2 unspecified atom stereocenters. The molecule has 33 heavy (non-hydrogen) atoms. The number of rotatable bonds is 5. The Morgan fingerprint density at radius 2 is 2.03 bits per heavy atom. The molecule has 3 aliphatic heterocycles. The van der Waals surface area contributed by atoms with E-state index in [0.29, 0.717) is 11.3 Å². The van der Waals surface area contributed by atoms with Gasteiger partial charge in [0.25, 0.3) is 0 Å². The smallest absolute Gasteiger partial charge is 0.190 e. The first-order chi connectivity index (χ1) is 15.8. The zero-order chi connectivity index (χ0) is 23.2. The molecular weight excluding hydrogens is 492 g/mol. The van der Waals surface area contributed by atoms with E-state index in [1.807, 2.05) is 24.3 Å². The third kappa shape index (κ3) is 4.43. The van der Waals surface area contributed by atoms with Gasteiger partial charge in [0.05, 0.1) is 5.92 Å². The molecule has 2 saturated heterocycles. The van der Waals surface area contributed by atoms with Gasteiger partial charge in [-0.1, -0.05) is 51.9 Å². The monoisotopic (exact) mass is 518 g/mol. The lowest BCUT2D eigenvalue weighted by molar-refractivity contribution is -0.226. The molecule has 176 valence electrons. The minimum atomic E-state index is -1.08. The molecular formula is C25H27BrO7. The van der Waals surface area contributed by atoms with Crippen molar-refractivity contribution in [1.82, 2.24) is 0 Å². The summed E-state index contributed by atoms with van der Waals surface area (Å²) in [4.78, 5) is 0. The Balaban J connectivity index is 1.45. The van der Waals surface area contributed by atoms with E-state index in [-0.39, 0.29) is 5.92 Å².